The van der Waals surface area contributed by atoms with Crippen LogP contribution in [0.5, 0.6) is 0 Å². The molecule has 1 aromatic rings. The zero-order valence-corrected chi connectivity index (χ0v) is 8.06. The fraction of sp³-hybridized carbons (Fsp3) is 0.364. The number of para-hydroxylation sites is 1. The lowest BCUT2D eigenvalue weighted by molar-refractivity contribution is -0.0122. The van der Waals surface area contributed by atoms with E-state index in [-0.39, 0.29) is 0 Å². The highest BCUT2D eigenvalue weighted by Crippen LogP contribution is 2.19. The van der Waals surface area contributed by atoms with Crippen molar-refractivity contribution in [3.05, 3.63) is 35.9 Å². The maximum absolute atomic E-state index is 8.87. The number of nitrogens with zero attached hydrogens (tertiary/aromatic N) is 3. The third-order valence-corrected chi connectivity index (χ3v) is 2.53. The largest absolute Gasteiger partial charge is 0.498 e. The lowest BCUT2D eigenvalue weighted by Crippen LogP contribution is -2.36. The second kappa shape index (κ2) is 4.07. The van der Waals surface area contributed by atoms with Gasteiger partial charge in [-0.3, -0.25) is 0 Å². The molecule has 0 N–H and O–H groups in total. The third-order valence-electron chi connectivity index (χ3n) is 2.53. The lowest BCUT2D eigenvalue weighted by Gasteiger charge is -2.20. The summed E-state index contributed by atoms with van der Waals surface area (Å²) in [6, 6.07) is 10.1. The molecule has 72 valence electrons. The molecular formula is C11H13N3. The van der Waals surface area contributed by atoms with E-state index in [0.29, 0.717) is 0 Å². The summed E-state index contributed by atoms with van der Waals surface area (Å²) in [6.07, 6.45) is 3.14. The molecule has 1 fully saturated rings. The molecule has 0 bridgehead atoms. The molecule has 1 aliphatic rings. The van der Waals surface area contributed by atoms with Gasteiger partial charge in [-0.1, -0.05) is 18.2 Å². The van der Waals surface area contributed by atoms with E-state index in [1.54, 1.807) is 0 Å². The molecule has 0 aliphatic carbocycles. The average Bonchev–Trinajstić information content (AvgIpc) is 2.30. The molecular weight excluding hydrogens is 174 g/mol. The molecule has 0 atom stereocenters. The van der Waals surface area contributed by atoms with Crippen molar-refractivity contribution in [2.75, 3.05) is 11.4 Å². The van der Waals surface area contributed by atoms with Crippen LogP contribution in [-0.2, 0) is 0 Å². The molecule has 1 aromatic carbocycles. The summed E-state index contributed by atoms with van der Waals surface area (Å²) in [7, 11) is 0. The highest BCUT2D eigenvalue weighted by Gasteiger charge is 2.25. The Morgan fingerprint density at radius 2 is 1.93 bits per heavy atom. The second-order valence-corrected chi connectivity index (χ2v) is 3.46. The maximum atomic E-state index is 8.87. The molecule has 0 unspecified atom stereocenters. The molecule has 0 spiro atoms. The third kappa shape index (κ3) is 1.68. The fourth-order valence-electron chi connectivity index (χ4n) is 1.81. The summed E-state index contributed by atoms with van der Waals surface area (Å²) in [6.45, 7) is 0.948. The van der Waals surface area contributed by atoms with Gasteiger partial charge in [0.2, 0.25) is 0 Å². The van der Waals surface area contributed by atoms with Crippen molar-refractivity contribution in [3.8, 4) is 0 Å². The van der Waals surface area contributed by atoms with Gasteiger partial charge in [0.1, 0.15) is 5.69 Å². The molecule has 2 rings (SSSR count). The van der Waals surface area contributed by atoms with E-state index in [9.17, 15) is 0 Å². The normalized spacial score (nSPS) is 16.6. The van der Waals surface area contributed by atoms with E-state index in [0.717, 1.165) is 37.3 Å². The average molecular weight is 187 g/mol. The summed E-state index contributed by atoms with van der Waals surface area (Å²) in [5.74, 6) is 0.780. The minimum atomic E-state index is 0.780. The number of rotatable bonds is 1. The van der Waals surface area contributed by atoms with Crippen LogP contribution in [0, 0.1) is 0 Å². The number of anilines is 1. The number of amidine groups is 1. The Hall–Kier alpha value is -1.60. The van der Waals surface area contributed by atoms with Gasteiger partial charge in [0, 0.05) is 0 Å². The molecule has 0 saturated carbocycles. The first-order valence-electron chi connectivity index (χ1n) is 4.95. The zero-order chi connectivity index (χ0) is 9.80. The van der Waals surface area contributed by atoms with Crippen molar-refractivity contribution in [1.82, 2.24) is 0 Å². The highest BCUT2D eigenvalue weighted by molar-refractivity contribution is 5.94. The zero-order valence-electron chi connectivity index (χ0n) is 8.06. The number of hydrogen-bond donors (Lipinski definition) is 0. The van der Waals surface area contributed by atoms with Crippen molar-refractivity contribution in [3.63, 3.8) is 0 Å². The molecule has 1 aliphatic heterocycles. The summed E-state index contributed by atoms with van der Waals surface area (Å²) in [4.78, 5) is 5.42. The van der Waals surface area contributed by atoms with Crippen LogP contribution in [0.3, 0.4) is 0 Å². The number of hydrogen-bond acceptors (Lipinski definition) is 0. The molecule has 0 radical (unpaired) electrons. The molecule has 0 aromatic heterocycles. The van der Waals surface area contributed by atoms with Gasteiger partial charge in [0.15, 0.2) is 0 Å². The first-order chi connectivity index (χ1) is 6.92. The van der Waals surface area contributed by atoms with Crippen LogP contribution in [0.2, 0.25) is 0 Å². The predicted molar refractivity (Wildman–Crippen MR) is 56.3 cm³/mol. The van der Waals surface area contributed by atoms with Crippen LogP contribution in [-0.4, -0.2) is 17.2 Å². The first kappa shape index (κ1) is 8.97. The van der Waals surface area contributed by atoms with Gasteiger partial charge in [-0.15, -0.1) is 0 Å². The van der Waals surface area contributed by atoms with Gasteiger partial charge >= 0.3 is 5.84 Å². The van der Waals surface area contributed by atoms with Crippen LogP contribution in [0.1, 0.15) is 19.3 Å². The second-order valence-electron chi connectivity index (χ2n) is 3.46. The smallest absolute Gasteiger partial charge is 0.334 e. The van der Waals surface area contributed by atoms with Crippen LogP contribution in [0.4, 0.5) is 5.69 Å². The van der Waals surface area contributed by atoms with Crippen LogP contribution >= 0.6 is 0 Å². The van der Waals surface area contributed by atoms with Gasteiger partial charge < -0.3 is 10.3 Å². The van der Waals surface area contributed by atoms with Gasteiger partial charge in [-0.2, -0.15) is 0 Å². The Kier molecular flexibility index (Phi) is 2.61. The monoisotopic (exact) mass is 187 g/mol. The molecule has 1 saturated heterocycles. The van der Waals surface area contributed by atoms with Crippen molar-refractivity contribution in [1.29, 1.82) is 0 Å². The van der Waals surface area contributed by atoms with Crippen LogP contribution in [0.25, 0.3) is 5.53 Å². The van der Waals surface area contributed by atoms with Gasteiger partial charge in [-0.05, 0) is 25.0 Å². The number of piperidine rings is 1. The van der Waals surface area contributed by atoms with E-state index in [1.165, 1.54) is 0 Å². The lowest BCUT2D eigenvalue weighted by atomic mass is 10.1. The van der Waals surface area contributed by atoms with Gasteiger partial charge in [0.25, 0.3) is 0 Å². The minimum absolute atomic E-state index is 0.780. The highest BCUT2D eigenvalue weighted by atomic mass is 15.2. The topological polar surface area (TPSA) is 39.6 Å². The Balaban J connectivity index is 2.28. The Morgan fingerprint density at radius 1 is 1.14 bits per heavy atom. The summed E-state index contributed by atoms with van der Waals surface area (Å²) >= 11 is 0. The van der Waals surface area contributed by atoms with Gasteiger partial charge in [0.05, 0.1) is 13.0 Å². The molecule has 3 nitrogen and oxygen atoms in total. The molecule has 14 heavy (non-hydrogen) atoms. The van der Waals surface area contributed by atoms with E-state index in [4.69, 9.17) is 5.53 Å². The Bertz CT molecular complexity index is 352. The van der Waals surface area contributed by atoms with Crippen molar-refractivity contribution < 1.29 is 4.79 Å². The van der Waals surface area contributed by atoms with Crippen molar-refractivity contribution >= 4 is 11.5 Å². The fourth-order valence-corrected chi connectivity index (χ4v) is 1.81. The van der Waals surface area contributed by atoms with E-state index in [1.807, 2.05) is 30.3 Å². The molecule has 0 amide bonds. The predicted octanol–water partition coefficient (Wildman–Crippen LogP) is 2.31. The standard InChI is InChI=1S/C11H13N3/c12-13-11-8-4-5-9-14(11)10-6-2-1-3-7-10/h1-3,6-7H,4-5,8-9H2. The van der Waals surface area contributed by atoms with Crippen LogP contribution in [0.15, 0.2) is 30.3 Å². The van der Waals surface area contributed by atoms with Crippen molar-refractivity contribution in [2.24, 2.45) is 0 Å². The van der Waals surface area contributed by atoms with Crippen molar-refractivity contribution in [2.45, 2.75) is 19.3 Å². The van der Waals surface area contributed by atoms with E-state index < -0.39 is 0 Å². The Labute approximate surface area is 83.6 Å². The first-order valence-corrected chi connectivity index (χ1v) is 4.95. The summed E-state index contributed by atoms with van der Waals surface area (Å²) in [5, 5.41) is 0. The Morgan fingerprint density at radius 3 is 2.64 bits per heavy atom. The van der Waals surface area contributed by atoms with E-state index >= 15 is 0 Å². The van der Waals surface area contributed by atoms with Gasteiger partial charge in [-0.25, -0.2) is 4.90 Å². The molecule has 3 heteroatoms. The molecule has 1 heterocycles. The van der Waals surface area contributed by atoms with Crippen LogP contribution < -0.4 is 4.90 Å². The maximum Gasteiger partial charge on any atom is 0.334 e. The minimum Gasteiger partial charge on any atom is -0.498 e. The number of benzene rings is 1. The van der Waals surface area contributed by atoms with E-state index in [2.05, 4.69) is 9.69 Å². The summed E-state index contributed by atoms with van der Waals surface area (Å²) < 4.78 is 0. The quantitative estimate of drug-likeness (QED) is 0.491. The SMILES string of the molecule is [N-]=[N+]=C1CCCCN1c1ccccc1. The summed E-state index contributed by atoms with van der Waals surface area (Å²) in [5.41, 5.74) is 9.98.